The summed E-state index contributed by atoms with van der Waals surface area (Å²) >= 11 is 0. The third-order valence-electron chi connectivity index (χ3n) is 5.96. The lowest BCUT2D eigenvalue weighted by molar-refractivity contribution is 0.0783. The van der Waals surface area contributed by atoms with Crippen LogP contribution in [-0.2, 0) is 10.0 Å². The first-order valence-electron chi connectivity index (χ1n) is 10.2. The van der Waals surface area contributed by atoms with Crippen LogP contribution in [0, 0.1) is 18.3 Å². The Balaban J connectivity index is 1.47. The van der Waals surface area contributed by atoms with Gasteiger partial charge in [-0.05, 0) is 44.2 Å². The van der Waals surface area contributed by atoms with Gasteiger partial charge in [-0.3, -0.25) is 9.69 Å². The number of nitrogens with zero attached hydrogens (tertiary/aromatic N) is 3. The molecule has 8 heteroatoms. The highest BCUT2D eigenvalue weighted by Gasteiger charge is 2.33. The van der Waals surface area contributed by atoms with Crippen LogP contribution < -0.4 is 0 Å². The van der Waals surface area contributed by atoms with Crippen LogP contribution in [-0.4, -0.2) is 60.6 Å². The van der Waals surface area contributed by atoms with E-state index in [1.807, 2.05) is 49.1 Å². The molecule has 4 rings (SSSR count). The summed E-state index contributed by atoms with van der Waals surface area (Å²) in [6, 6.07) is 15.3. The first-order valence-corrected chi connectivity index (χ1v) is 11.6. The molecule has 1 atom stereocenters. The van der Waals surface area contributed by atoms with Crippen molar-refractivity contribution in [2.75, 3.05) is 26.2 Å². The van der Waals surface area contributed by atoms with Crippen LogP contribution in [0.15, 0.2) is 53.4 Å². The van der Waals surface area contributed by atoms with E-state index in [1.54, 1.807) is 0 Å². The Labute approximate surface area is 181 Å². The van der Waals surface area contributed by atoms with Gasteiger partial charge in [-0.25, -0.2) is 8.42 Å². The lowest BCUT2D eigenvalue weighted by atomic mass is 10.0. The zero-order valence-electron chi connectivity index (χ0n) is 17.5. The second-order valence-electron chi connectivity index (χ2n) is 7.79. The number of hydrogen-bond acceptors (Lipinski definition) is 5. The molecule has 0 bridgehead atoms. The van der Waals surface area contributed by atoms with Gasteiger partial charge >= 0.3 is 0 Å². The number of rotatable bonds is 5. The molecule has 1 N–H and O–H groups in total. The number of nitrogens with one attached hydrogen (secondary N) is 1. The summed E-state index contributed by atoms with van der Waals surface area (Å²) in [4.78, 5) is 18.8. The normalized spacial score (nSPS) is 16.8. The number of ketones is 1. The number of H-pyrrole nitrogens is 1. The van der Waals surface area contributed by atoms with Gasteiger partial charge in [-0.15, -0.1) is 0 Å². The summed E-state index contributed by atoms with van der Waals surface area (Å²) in [6.45, 7) is 5.36. The van der Waals surface area contributed by atoms with Crippen molar-refractivity contribution in [3.05, 3.63) is 65.4 Å². The maximum Gasteiger partial charge on any atom is 0.243 e. The molecule has 1 aliphatic rings. The van der Waals surface area contributed by atoms with Crippen molar-refractivity contribution in [3.8, 4) is 6.07 Å². The van der Waals surface area contributed by atoms with Crippen molar-refractivity contribution in [1.82, 2.24) is 14.2 Å². The summed E-state index contributed by atoms with van der Waals surface area (Å²) in [7, 11) is -3.63. The third kappa shape index (κ3) is 3.88. The summed E-state index contributed by atoms with van der Waals surface area (Å²) in [5, 5.41) is 9.82. The second-order valence-corrected chi connectivity index (χ2v) is 9.72. The monoisotopic (exact) mass is 436 g/mol. The van der Waals surface area contributed by atoms with Gasteiger partial charge in [0.25, 0.3) is 0 Å². The van der Waals surface area contributed by atoms with Crippen LogP contribution in [0.25, 0.3) is 10.9 Å². The minimum absolute atomic E-state index is 0.0401. The number of Topliss-reactive ketones (excluding diaryl/α,β-unsaturated/α-hetero) is 1. The molecule has 31 heavy (non-hydrogen) atoms. The standard InChI is InChI=1S/C23H24N4O3S/c1-16-22(20-5-3-4-6-21(20)25-16)23(28)17(2)26-11-13-27(14-12-26)31(29,30)19-9-7-18(15-24)8-10-19/h3-10,17,25H,11-14H2,1-2H3/t17-/m1/s1. The van der Waals surface area contributed by atoms with Gasteiger partial charge in [0.2, 0.25) is 10.0 Å². The average Bonchev–Trinajstić information content (AvgIpc) is 3.13. The summed E-state index contributed by atoms with van der Waals surface area (Å²) in [5.41, 5.74) is 2.91. The molecule has 0 radical (unpaired) electrons. The molecule has 0 saturated carbocycles. The van der Waals surface area contributed by atoms with E-state index in [-0.39, 0.29) is 16.7 Å². The van der Waals surface area contributed by atoms with E-state index in [0.29, 0.717) is 37.3 Å². The minimum atomic E-state index is -3.63. The quantitative estimate of drug-likeness (QED) is 0.620. The average molecular weight is 437 g/mol. The van der Waals surface area contributed by atoms with Crippen LogP contribution in [0.2, 0.25) is 0 Å². The van der Waals surface area contributed by atoms with E-state index < -0.39 is 10.0 Å². The number of aryl methyl sites for hydroxylation is 1. The van der Waals surface area contributed by atoms with Gasteiger partial charge in [0.15, 0.2) is 5.78 Å². The smallest absolute Gasteiger partial charge is 0.243 e. The lowest BCUT2D eigenvalue weighted by Gasteiger charge is -2.36. The van der Waals surface area contributed by atoms with Gasteiger partial charge in [-0.2, -0.15) is 9.57 Å². The van der Waals surface area contributed by atoms with Gasteiger partial charge in [0.05, 0.1) is 22.6 Å². The molecule has 2 heterocycles. The predicted molar refractivity (Wildman–Crippen MR) is 118 cm³/mol. The Hall–Kier alpha value is -2.99. The topological polar surface area (TPSA) is 97.3 Å². The number of fused-ring (bicyclic) bond motifs is 1. The molecule has 1 saturated heterocycles. The Morgan fingerprint density at radius 2 is 1.71 bits per heavy atom. The first kappa shape index (κ1) is 21.2. The molecule has 2 aromatic carbocycles. The van der Waals surface area contributed by atoms with E-state index in [2.05, 4.69) is 4.98 Å². The number of sulfonamides is 1. The van der Waals surface area contributed by atoms with E-state index in [4.69, 9.17) is 5.26 Å². The molecular formula is C23H24N4O3S. The highest BCUT2D eigenvalue weighted by atomic mass is 32.2. The largest absolute Gasteiger partial charge is 0.358 e. The molecule has 0 spiro atoms. The zero-order valence-corrected chi connectivity index (χ0v) is 18.3. The number of aromatic nitrogens is 1. The van der Waals surface area contributed by atoms with Crippen molar-refractivity contribution >= 4 is 26.7 Å². The maximum atomic E-state index is 13.3. The number of nitriles is 1. The van der Waals surface area contributed by atoms with Crippen molar-refractivity contribution in [1.29, 1.82) is 5.26 Å². The molecule has 0 aliphatic carbocycles. The Bertz CT molecular complexity index is 1260. The lowest BCUT2D eigenvalue weighted by Crippen LogP contribution is -2.53. The second kappa shape index (κ2) is 8.27. The van der Waals surface area contributed by atoms with E-state index in [0.717, 1.165) is 16.6 Å². The fourth-order valence-corrected chi connectivity index (χ4v) is 5.57. The van der Waals surface area contributed by atoms with Gasteiger partial charge in [-0.1, -0.05) is 18.2 Å². The van der Waals surface area contributed by atoms with E-state index in [1.165, 1.54) is 28.6 Å². The van der Waals surface area contributed by atoms with Crippen LogP contribution in [0.5, 0.6) is 0 Å². The third-order valence-corrected chi connectivity index (χ3v) is 7.87. The Kier molecular flexibility index (Phi) is 5.67. The fourth-order valence-electron chi connectivity index (χ4n) is 4.15. The van der Waals surface area contributed by atoms with Gasteiger partial charge in [0, 0.05) is 48.3 Å². The molecule has 0 unspecified atom stereocenters. The van der Waals surface area contributed by atoms with E-state index >= 15 is 0 Å². The molecule has 7 nitrogen and oxygen atoms in total. The number of hydrogen-bond donors (Lipinski definition) is 1. The number of carbonyl (C=O) groups is 1. The first-order chi connectivity index (χ1) is 14.8. The Morgan fingerprint density at radius 1 is 1.06 bits per heavy atom. The molecule has 3 aromatic rings. The van der Waals surface area contributed by atoms with Crippen molar-refractivity contribution in [2.45, 2.75) is 24.8 Å². The minimum Gasteiger partial charge on any atom is -0.358 e. The van der Waals surface area contributed by atoms with Crippen LogP contribution in [0.1, 0.15) is 28.5 Å². The molecule has 0 amide bonds. The number of para-hydroxylation sites is 1. The SMILES string of the molecule is Cc1[nH]c2ccccc2c1C(=O)[C@@H](C)N1CCN(S(=O)(=O)c2ccc(C#N)cc2)CC1. The van der Waals surface area contributed by atoms with Crippen LogP contribution in [0.4, 0.5) is 0 Å². The molecular weight excluding hydrogens is 412 g/mol. The highest BCUT2D eigenvalue weighted by molar-refractivity contribution is 7.89. The van der Waals surface area contributed by atoms with Crippen molar-refractivity contribution < 1.29 is 13.2 Å². The van der Waals surface area contributed by atoms with Gasteiger partial charge in [0.1, 0.15) is 0 Å². The molecule has 1 aromatic heterocycles. The molecule has 1 fully saturated rings. The maximum absolute atomic E-state index is 13.3. The highest BCUT2D eigenvalue weighted by Crippen LogP contribution is 2.25. The zero-order chi connectivity index (χ0) is 22.2. The van der Waals surface area contributed by atoms with Crippen molar-refractivity contribution in [3.63, 3.8) is 0 Å². The van der Waals surface area contributed by atoms with Crippen molar-refractivity contribution in [2.24, 2.45) is 0 Å². The fraction of sp³-hybridized carbons (Fsp3) is 0.304. The number of benzene rings is 2. The number of carbonyl (C=O) groups excluding carboxylic acids is 1. The molecule has 1 aliphatic heterocycles. The summed E-state index contributed by atoms with van der Waals surface area (Å²) in [5.74, 6) is 0.0401. The Morgan fingerprint density at radius 3 is 2.35 bits per heavy atom. The van der Waals surface area contributed by atoms with E-state index in [9.17, 15) is 13.2 Å². The number of piperazine rings is 1. The van der Waals surface area contributed by atoms with Gasteiger partial charge < -0.3 is 4.98 Å². The predicted octanol–water partition coefficient (Wildman–Crippen LogP) is 2.93. The van der Waals surface area contributed by atoms with Crippen LogP contribution >= 0.6 is 0 Å². The molecule has 160 valence electrons. The summed E-state index contributed by atoms with van der Waals surface area (Å²) in [6.07, 6.45) is 0. The summed E-state index contributed by atoms with van der Waals surface area (Å²) < 4.78 is 27.3. The van der Waals surface area contributed by atoms with Crippen LogP contribution in [0.3, 0.4) is 0 Å². The number of aromatic amines is 1.